The summed E-state index contributed by atoms with van der Waals surface area (Å²) in [5.74, 6) is 0.551. The first-order valence-electron chi connectivity index (χ1n) is 1.58. The summed E-state index contributed by atoms with van der Waals surface area (Å²) < 4.78 is 0. The van der Waals surface area contributed by atoms with Gasteiger partial charge in [-0.05, 0) is 0 Å². The van der Waals surface area contributed by atoms with Crippen molar-refractivity contribution in [2.24, 2.45) is 0 Å². The molecule has 1 rings (SSSR count). The maximum atomic E-state index is 4.35. The van der Waals surface area contributed by atoms with E-state index in [1.165, 1.54) is 6.26 Å². The van der Waals surface area contributed by atoms with Crippen LogP contribution in [0.15, 0.2) is 24.7 Å². The van der Waals surface area contributed by atoms with Crippen LogP contribution in [0, 0.1) is 0 Å². The minimum atomic E-state index is 0.551. The Balaban J connectivity index is 2.59. The van der Waals surface area contributed by atoms with Crippen molar-refractivity contribution in [1.82, 2.24) is 0 Å². The lowest BCUT2D eigenvalue weighted by Gasteiger charge is -1.86. The topological polar surface area (TPSA) is 18.5 Å². The molecule has 0 unspecified atom stereocenters. The summed E-state index contributed by atoms with van der Waals surface area (Å²) in [6, 6.07) is 0. The minimum Gasteiger partial charge on any atom is -0.298 e. The lowest BCUT2D eigenvalue weighted by molar-refractivity contribution is -0.191. The van der Waals surface area contributed by atoms with E-state index in [0.717, 1.165) is 0 Å². The Morgan fingerprint density at radius 3 is 2.67 bits per heavy atom. The van der Waals surface area contributed by atoms with Gasteiger partial charge in [0.2, 0.25) is 0 Å². The fourth-order valence-electron chi connectivity index (χ4n) is 0.221. The predicted octanol–water partition coefficient (Wildman–Crippen LogP) is 0.976. The first kappa shape index (κ1) is 3.28. The van der Waals surface area contributed by atoms with Gasteiger partial charge in [-0.25, -0.2) is 0 Å². The fourth-order valence-corrected chi connectivity index (χ4v) is 0.221. The van der Waals surface area contributed by atoms with E-state index in [2.05, 4.69) is 16.4 Å². The third-order valence-electron chi connectivity index (χ3n) is 0.465. The van der Waals surface area contributed by atoms with Crippen LogP contribution in [0.3, 0.4) is 0 Å². The van der Waals surface area contributed by atoms with Gasteiger partial charge in [-0.2, -0.15) is 0 Å². The first-order chi connectivity index (χ1) is 2.89. The highest BCUT2D eigenvalue weighted by Crippen LogP contribution is 2.03. The van der Waals surface area contributed by atoms with Crippen LogP contribution in [0.2, 0.25) is 0 Å². The highest BCUT2D eigenvalue weighted by molar-refractivity contribution is 5.05. The SMILES string of the molecule is C=C1C=COO1. The average Bonchev–Trinajstić information content (AvgIpc) is 1.86. The van der Waals surface area contributed by atoms with Crippen LogP contribution >= 0.6 is 0 Å². The molecule has 32 valence electrons. The Labute approximate surface area is 35.6 Å². The summed E-state index contributed by atoms with van der Waals surface area (Å²) in [7, 11) is 0. The molecule has 0 bridgehead atoms. The monoisotopic (exact) mass is 84.0 g/mol. The zero-order valence-corrected chi connectivity index (χ0v) is 3.18. The number of hydrogen-bond donors (Lipinski definition) is 0. The number of allylic oxidation sites excluding steroid dienone is 1. The van der Waals surface area contributed by atoms with Gasteiger partial charge in [0.15, 0.2) is 5.76 Å². The van der Waals surface area contributed by atoms with Crippen molar-refractivity contribution in [3.8, 4) is 0 Å². The van der Waals surface area contributed by atoms with Crippen LogP contribution in [0.5, 0.6) is 0 Å². The molecule has 0 saturated carbocycles. The van der Waals surface area contributed by atoms with Crippen molar-refractivity contribution in [3.63, 3.8) is 0 Å². The molecule has 0 fully saturated rings. The standard InChI is InChI=1S/C4H4O2/c1-4-2-3-5-6-4/h2-3H,1H2. The third-order valence-corrected chi connectivity index (χ3v) is 0.465. The molecule has 0 radical (unpaired) electrons. The third kappa shape index (κ3) is 0.360. The van der Waals surface area contributed by atoms with Crippen LogP contribution in [-0.2, 0) is 9.78 Å². The Kier molecular flexibility index (Phi) is 0.572. The van der Waals surface area contributed by atoms with Crippen molar-refractivity contribution in [2.45, 2.75) is 0 Å². The van der Waals surface area contributed by atoms with E-state index < -0.39 is 0 Å². The van der Waals surface area contributed by atoms with E-state index in [1.807, 2.05) is 0 Å². The van der Waals surface area contributed by atoms with Gasteiger partial charge in [-0.3, -0.25) is 9.78 Å². The second-order valence-electron chi connectivity index (χ2n) is 0.949. The summed E-state index contributed by atoms with van der Waals surface area (Å²) in [5.41, 5.74) is 0. The van der Waals surface area contributed by atoms with E-state index in [9.17, 15) is 0 Å². The van der Waals surface area contributed by atoms with Crippen molar-refractivity contribution in [2.75, 3.05) is 0 Å². The molecule has 1 aliphatic rings. The van der Waals surface area contributed by atoms with Gasteiger partial charge in [0.05, 0.1) is 0 Å². The number of rotatable bonds is 0. The lowest BCUT2D eigenvalue weighted by atomic mass is 10.6. The van der Waals surface area contributed by atoms with E-state index in [0.29, 0.717) is 5.76 Å². The smallest absolute Gasteiger partial charge is 0.174 e. The van der Waals surface area contributed by atoms with Gasteiger partial charge in [0.1, 0.15) is 6.26 Å². The average molecular weight is 84.1 g/mol. The molecule has 0 spiro atoms. The molecule has 2 heteroatoms. The normalized spacial score (nSPS) is 17.0. The van der Waals surface area contributed by atoms with E-state index >= 15 is 0 Å². The van der Waals surface area contributed by atoms with E-state index in [1.54, 1.807) is 6.08 Å². The number of hydrogen-bond acceptors (Lipinski definition) is 2. The highest BCUT2D eigenvalue weighted by Gasteiger charge is 1.93. The Morgan fingerprint density at radius 2 is 2.50 bits per heavy atom. The molecule has 0 aliphatic carbocycles. The summed E-state index contributed by atoms with van der Waals surface area (Å²) >= 11 is 0. The van der Waals surface area contributed by atoms with E-state index in [-0.39, 0.29) is 0 Å². The fraction of sp³-hybridized carbons (Fsp3) is 0. The van der Waals surface area contributed by atoms with Gasteiger partial charge in [0, 0.05) is 6.08 Å². The molecule has 0 atom stereocenters. The molecule has 6 heavy (non-hydrogen) atoms. The summed E-state index contributed by atoms with van der Waals surface area (Å²) in [5, 5.41) is 0. The Hall–Kier alpha value is -0.920. The van der Waals surface area contributed by atoms with Crippen LogP contribution in [-0.4, -0.2) is 0 Å². The van der Waals surface area contributed by atoms with Crippen molar-refractivity contribution in [3.05, 3.63) is 24.7 Å². The molecule has 1 aliphatic heterocycles. The summed E-state index contributed by atoms with van der Waals surface area (Å²) in [6.07, 6.45) is 3.07. The molecular weight excluding hydrogens is 80.0 g/mol. The van der Waals surface area contributed by atoms with Gasteiger partial charge >= 0.3 is 0 Å². The van der Waals surface area contributed by atoms with Crippen molar-refractivity contribution >= 4 is 0 Å². The molecular formula is C4H4O2. The minimum absolute atomic E-state index is 0.551. The quantitative estimate of drug-likeness (QED) is 0.407. The zero-order chi connectivity index (χ0) is 4.41. The van der Waals surface area contributed by atoms with E-state index in [4.69, 9.17) is 0 Å². The summed E-state index contributed by atoms with van der Waals surface area (Å²) in [4.78, 5) is 8.62. The molecule has 0 aromatic heterocycles. The van der Waals surface area contributed by atoms with Crippen LogP contribution in [0.25, 0.3) is 0 Å². The Bertz CT molecular complexity index is 93.7. The maximum absolute atomic E-state index is 4.35. The lowest BCUT2D eigenvalue weighted by Crippen LogP contribution is -1.70. The molecule has 0 amide bonds. The largest absolute Gasteiger partial charge is 0.298 e. The van der Waals surface area contributed by atoms with Gasteiger partial charge in [-0.1, -0.05) is 6.58 Å². The second kappa shape index (κ2) is 1.05. The maximum Gasteiger partial charge on any atom is 0.174 e. The molecule has 0 aromatic carbocycles. The molecule has 2 nitrogen and oxygen atoms in total. The summed E-state index contributed by atoms with van der Waals surface area (Å²) in [6.45, 7) is 3.42. The zero-order valence-electron chi connectivity index (χ0n) is 3.18. The van der Waals surface area contributed by atoms with Crippen LogP contribution in [0.1, 0.15) is 0 Å². The Morgan fingerprint density at radius 1 is 1.67 bits per heavy atom. The van der Waals surface area contributed by atoms with Gasteiger partial charge < -0.3 is 0 Å². The van der Waals surface area contributed by atoms with Crippen molar-refractivity contribution < 1.29 is 9.78 Å². The molecule has 1 heterocycles. The van der Waals surface area contributed by atoms with Gasteiger partial charge in [-0.15, -0.1) is 0 Å². The highest BCUT2D eigenvalue weighted by atomic mass is 17.2. The molecule has 0 N–H and O–H groups in total. The predicted molar refractivity (Wildman–Crippen MR) is 20.4 cm³/mol. The second-order valence-corrected chi connectivity index (χ2v) is 0.949. The van der Waals surface area contributed by atoms with Crippen LogP contribution < -0.4 is 0 Å². The van der Waals surface area contributed by atoms with Crippen LogP contribution in [0.4, 0.5) is 0 Å². The molecule has 0 saturated heterocycles. The van der Waals surface area contributed by atoms with Crippen molar-refractivity contribution in [1.29, 1.82) is 0 Å². The van der Waals surface area contributed by atoms with Gasteiger partial charge in [0.25, 0.3) is 0 Å². The molecule has 0 aromatic rings. The first-order valence-corrected chi connectivity index (χ1v) is 1.58.